The van der Waals surface area contributed by atoms with Gasteiger partial charge < -0.3 is 0 Å². The fourth-order valence-electron chi connectivity index (χ4n) is 2.80. The molecular formula is C16H18ClN3O3S. The van der Waals surface area contributed by atoms with Crippen molar-refractivity contribution >= 4 is 21.6 Å². The summed E-state index contributed by atoms with van der Waals surface area (Å²) in [5.41, 5.74) is 2.38. The van der Waals surface area contributed by atoms with Crippen LogP contribution in [0.5, 0.6) is 0 Å². The summed E-state index contributed by atoms with van der Waals surface area (Å²) in [4.78, 5) is 12.0. The van der Waals surface area contributed by atoms with Crippen molar-refractivity contribution < 1.29 is 8.42 Å². The Kier molecular flexibility index (Phi) is 5.03. The first-order chi connectivity index (χ1) is 11.4. The fraction of sp³-hybridized carbons (Fsp3) is 0.375. The Morgan fingerprint density at radius 3 is 2.88 bits per heavy atom. The van der Waals surface area contributed by atoms with Gasteiger partial charge >= 0.3 is 0 Å². The molecule has 0 aliphatic heterocycles. The molecule has 6 nitrogen and oxygen atoms in total. The van der Waals surface area contributed by atoms with Crippen molar-refractivity contribution in [1.82, 2.24) is 14.5 Å². The summed E-state index contributed by atoms with van der Waals surface area (Å²) in [6.07, 6.45) is 2.78. The summed E-state index contributed by atoms with van der Waals surface area (Å²) in [5, 5.41) is 4.82. The minimum Gasteiger partial charge on any atom is -0.268 e. The number of benzene rings is 1. The largest absolute Gasteiger partial charge is 0.268 e. The Morgan fingerprint density at radius 2 is 2.08 bits per heavy atom. The van der Waals surface area contributed by atoms with Crippen molar-refractivity contribution in [2.24, 2.45) is 0 Å². The molecule has 3 rings (SSSR count). The summed E-state index contributed by atoms with van der Waals surface area (Å²) in [6.45, 7) is 0.329. The molecule has 2 aromatic rings. The van der Waals surface area contributed by atoms with Gasteiger partial charge in [-0.25, -0.2) is 17.8 Å². The number of hydrogen-bond acceptors (Lipinski definition) is 4. The number of aromatic nitrogens is 2. The average molecular weight is 368 g/mol. The fourth-order valence-corrected chi connectivity index (χ4v) is 4.14. The van der Waals surface area contributed by atoms with Gasteiger partial charge in [-0.15, -0.1) is 0 Å². The number of rotatable bonds is 6. The number of sulfonamides is 1. The van der Waals surface area contributed by atoms with Crippen molar-refractivity contribution in [3.8, 4) is 0 Å². The van der Waals surface area contributed by atoms with Crippen LogP contribution in [0.4, 0.5) is 0 Å². The van der Waals surface area contributed by atoms with E-state index in [1.54, 1.807) is 30.3 Å². The zero-order valence-corrected chi connectivity index (χ0v) is 14.6. The average Bonchev–Trinajstić information content (AvgIpc) is 2.93. The van der Waals surface area contributed by atoms with Crippen molar-refractivity contribution in [2.75, 3.05) is 6.54 Å². The SMILES string of the molecule is O=c1cc2c(nn1CCNS(=O)(=O)Cc1cccc(Cl)c1)CCC2. The number of nitrogens with zero attached hydrogens (tertiary/aromatic N) is 2. The lowest BCUT2D eigenvalue weighted by atomic mass is 10.2. The van der Waals surface area contributed by atoms with Gasteiger partial charge in [0.05, 0.1) is 18.0 Å². The maximum atomic E-state index is 12.1. The second kappa shape index (κ2) is 7.04. The first-order valence-corrected chi connectivity index (χ1v) is 9.78. The topological polar surface area (TPSA) is 81.1 Å². The predicted octanol–water partition coefficient (Wildman–Crippen LogP) is 1.51. The first kappa shape index (κ1) is 17.1. The van der Waals surface area contributed by atoms with Crippen LogP contribution in [-0.2, 0) is 35.2 Å². The third-order valence-electron chi connectivity index (χ3n) is 3.92. The molecular weight excluding hydrogens is 350 g/mol. The molecule has 0 radical (unpaired) electrons. The van der Waals surface area contributed by atoms with E-state index < -0.39 is 10.0 Å². The quantitative estimate of drug-likeness (QED) is 0.839. The molecule has 1 aliphatic carbocycles. The highest BCUT2D eigenvalue weighted by Gasteiger charge is 2.15. The van der Waals surface area contributed by atoms with Gasteiger partial charge in [-0.05, 0) is 42.5 Å². The minimum absolute atomic E-state index is 0.120. The summed E-state index contributed by atoms with van der Waals surface area (Å²) in [6, 6.07) is 8.33. The van der Waals surface area contributed by atoms with Crippen LogP contribution in [0.25, 0.3) is 0 Å². The molecule has 128 valence electrons. The van der Waals surface area contributed by atoms with E-state index in [1.165, 1.54) is 4.68 Å². The van der Waals surface area contributed by atoms with E-state index in [2.05, 4.69) is 9.82 Å². The number of nitrogens with one attached hydrogen (secondary N) is 1. The van der Waals surface area contributed by atoms with Crippen LogP contribution in [0.1, 0.15) is 23.2 Å². The molecule has 0 unspecified atom stereocenters. The molecule has 1 heterocycles. The van der Waals surface area contributed by atoms with Gasteiger partial charge in [0.1, 0.15) is 0 Å². The van der Waals surface area contributed by atoms with Gasteiger partial charge in [0.15, 0.2) is 0 Å². The van der Waals surface area contributed by atoms with Crippen LogP contribution in [-0.4, -0.2) is 24.7 Å². The number of fused-ring (bicyclic) bond motifs is 1. The standard InChI is InChI=1S/C16H18ClN3O3S/c17-14-5-1-3-12(9-14)11-24(22,23)18-7-8-20-16(21)10-13-4-2-6-15(13)19-20/h1,3,5,9-10,18H,2,4,6-8,11H2. The van der Waals surface area contributed by atoms with E-state index in [0.717, 1.165) is 30.5 Å². The van der Waals surface area contributed by atoms with Crippen LogP contribution in [0.3, 0.4) is 0 Å². The number of halogens is 1. The van der Waals surface area contributed by atoms with E-state index in [0.29, 0.717) is 10.6 Å². The smallest absolute Gasteiger partial charge is 0.267 e. The van der Waals surface area contributed by atoms with Gasteiger partial charge in [0.2, 0.25) is 10.0 Å². The molecule has 0 bridgehead atoms. The highest BCUT2D eigenvalue weighted by Crippen LogP contribution is 2.17. The molecule has 0 saturated heterocycles. The third-order valence-corrected chi connectivity index (χ3v) is 5.51. The van der Waals surface area contributed by atoms with Crippen molar-refractivity contribution in [3.05, 3.63) is 62.5 Å². The van der Waals surface area contributed by atoms with Crippen LogP contribution in [0.2, 0.25) is 5.02 Å². The lowest BCUT2D eigenvalue weighted by Gasteiger charge is -2.09. The molecule has 0 amide bonds. The van der Waals surface area contributed by atoms with Gasteiger partial charge in [-0.1, -0.05) is 23.7 Å². The third kappa shape index (κ3) is 4.23. The summed E-state index contributed by atoms with van der Waals surface area (Å²) in [5.74, 6) is -0.153. The van der Waals surface area contributed by atoms with Crippen molar-refractivity contribution in [1.29, 1.82) is 0 Å². The van der Waals surface area contributed by atoms with Crippen molar-refractivity contribution in [3.63, 3.8) is 0 Å². The second-order valence-corrected chi connectivity index (χ2v) is 8.06. The highest BCUT2D eigenvalue weighted by atomic mass is 35.5. The lowest BCUT2D eigenvalue weighted by molar-refractivity contribution is 0.541. The van der Waals surface area contributed by atoms with Gasteiger partial charge in [-0.3, -0.25) is 4.79 Å². The Hall–Kier alpha value is -1.70. The Labute approximate surface area is 145 Å². The molecule has 0 saturated carbocycles. The summed E-state index contributed by atoms with van der Waals surface area (Å²) >= 11 is 5.86. The van der Waals surface area contributed by atoms with E-state index in [1.807, 2.05) is 0 Å². The lowest BCUT2D eigenvalue weighted by Crippen LogP contribution is -2.33. The zero-order chi connectivity index (χ0) is 17.2. The molecule has 1 aliphatic rings. The summed E-state index contributed by atoms with van der Waals surface area (Å²) in [7, 11) is -3.50. The van der Waals surface area contributed by atoms with Crippen LogP contribution < -0.4 is 10.3 Å². The first-order valence-electron chi connectivity index (χ1n) is 7.75. The van der Waals surface area contributed by atoms with Gasteiger partial charge in [-0.2, -0.15) is 5.10 Å². The molecule has 1 aromatic carbocycles. The minimum atomic E-state index is -3.50. The van der Waals surface area contributed by atoms with E-state index in [4.69, 9.17) is 11.6 Å². The monoisotopic (exact) mass is 367 g/mol. The van der Waals surface area contributed by atoms with E-state index in [-0.39, 0.29) is 24.4 Å². The predicted molar refractivity (Wildman–Crippen MR) is 92.6 cm³/mol. The maximum Gasteiger partial charge on any atom is 0.267 e. The van der Waals surface area contributed by atoms with E-state index in [9.17, 15) is 13.2 Å². The molecule has 0 fully saturated rings. The highest BCUT2D eigenvalue weighted by molar-refractivity contribution is 7.88. The molecule has 0 spiro atoms. The van der Waals surface area contributed by atoms with Crippen LogP contribution >= 0.6 is 11.6 Å². The normalized spacial score (nSPS) is 13.9. The van der Waals surface area contributed by atoms with E-state index >= 15 is 0 Å². The van der Waals surface area contributed by atoms with Crippen molar-refractivity contribution in [2.45, 2.75) is 31.6 Å². The maximum absolute atomic E-state index is 12.1. The zero-order valence-electron chi connectivity index (χ0n) is 13.0. The Balaban J connectivity index is 1.61. The number of hydrogen-bond donors (Lipinski definition) is 1. The van der Waals surface area contributed by atoms with Crippen LogP contribution in [0, 0.1) is 0 Å². The number of aryl methyl sites for hydroxylation is 2. The molecule has 0 atom stereocenters. The molecule has 1 N–H and O–H groups in total. The molecule has 1 aromatic heterocycles. The Bertz CT molecular complexity index is 909. The molecule has 8 heteroatoms. The Morgan fingerprint density at radius 1 is 1.25 bits per heavy atom. The van der Waals surface area contributed by atoms with Crippen LogP contribution in [0.15, 0.2) is 35.1 Å². The van der Waals surface area contributed by atoms with Gasteiger partial charge in [0.25, 0.3) is 5.56 Å². The summed E-state index contributed by atoms with van der Waals surface area (Å²) < 4.78 is 28.0. The second-order valence-electron chi connectivity index (χ2n) is 5.81. The van der Waals surface area contributed by atoms with Gasteiger partial charge in [0, 0.05) is 17.6 Å². The molecule has 24 heavy (non-hydrogen) atoms.